The first kappa shape index (κ1) is 28.4. The summed E-state index contributed by atoms with van der Waals surface area (Å²) in [4.78, 5) is 26.5. The number of nitrogens with one attached hydrogen (secondary N) is 1. The Morgan fingerprint density at radius 2 is 1.67 bits per heavy atom. The molecule has 0 spiro atoms. The van der Waals surface area contributed by atoms with Crippen LogP contribution < -0.4 is 14.8 Å². The van der Waals surface area contributed by atoms with Crippen molar-refractivity contribution in [3.63, 3.8) is 0 Å². The number of ketones is 1. The molecule has 3 aromatic carbocycles. The summed E-state index contributed by atoms with van der Waals surface area (Å²) < 4.78 is 11.8. The fourth-order valence-corrected chi connectivity index (χ4v) is 5.01. The summed E-state index contributed by atoms with van der Waals surface area (Å²) in [5.74, 6) is 2.03. The molecule has 6 heteroatoms. The maximum atomic E-state index is 12.1. The molecule has 1 N–H and O–H groups in total. The maximum absolute atomic E-state index is 12.1. The number of anilines is 1. The highest BCUT2D eigenvalue weighted by Crippen LogP contribution is 2.32. The lowest BCUT2D eigenvalue weighted by Gasteiger charge is -2.33. The summed E-state index contributed by atoms with van der Waals surface area (Å²) in [7, 11) is 1.66. The first-order valence-electron chi connectivity index (χ1n) is 13.9. The van der Waals surface area contributed by atoms with E-state index in [4.69, 9.17) is 9.47 Å². The molecular weight excluding hydrogens is 488 g/mol. The molecule has 0 aliphatic carbocycles. The average molecular weight is 529 g/mol. The first-order valence-corrected chi connectivity index (χ1v) is 13.9. The summed E-state index contributed by atoms with van der Waals surface area (Å²) in [6.45, 7) is 8.33. The SMILES string of the molecule is COc1ccc(C(CCN2CCC(c3cccc(NC(=O)C(C)C)c3)CC2)Oc2cccc(C(C)=O)c2)cc1. The van der Waals surface area contributed by atoms with E-state index in [1.54, 1.807) is 14.0 Å². The molecule has 206 valence electrons. The van der Waals surface area contributed by atoms with Crippen LogP contribution in [0.4, 0.5) is 5.69 Å². The molecule has 39 heavy (non-hydrogen) atoms. The Bertz CT molecular complexity index is 1250. The maximum Gasteiger partial charge on any atom is 0.226 e. The second-order valence-corrected chi connectivity index (χ2v) is 10.6. The predicted octanol–water partition coefficient (Wildman–Crippen LogP) is 6.88. The highest BCUT2D eigenvalue weighted by molar-refractivity contribution is 5.94. The number of ether oxygens (including phenoxy) is 2. The molecule has 1 heterocycles. The average Bonchev–Trinajstić information content (AvgIpc) is 2.96. The largest absolute Gasteiger partial charge is 0.497 e. The van der Waals surface area contributed by atoms with Crippen molar-refractivity contribution in [2.24, 2.45) is 5.92 Å². The minimum Gasteiger partial charge on any atom is -0.497 e. The van der Waals surface area contributed by atoms with Crippen molar-refractivity contribution < 1.29 is 19.1 Å². The van der Waals surface area contributed by atoms with Gasteiger partial charge >= 0.3 is 0 Å². The van der Waals surface area contributed by atoms with Crippen molar-refractivity contribution in [2.75, 3.05) is 32.1 Å². The van der Waals surface area contributed by atoms with Crippen LogP contribution in [-0.2, 0) is 4.79 Å². The molecule has 0 aromatic heterocycles. The van der Waals surface area contributed by atoms with Crippen molar-refractivity contribution >= 4 is 17.4 Å². The van der Waals surface area contributed by atoms with Gasteiger partial charge in [-0.05, 0) is 86.3 Å². The Kier molecular flexibility index (Phi) is 9.77. The highest BCUT2D eigenvalue weighted by atomic mass is 16.5. The second kappa shape index (κ2) is 13.4. The smallest absolute Gasteiger partial charge is 0.226 e. The fraction of sp³-hybridized carbons (Fsp3) is 0.394. The Labute approximate surface area is 232 Å². The van der Waals surface area contributed by atoms with Crippen LogP contribution in [0.25, 0.3) is 0 Å². The lowest BCUT2D eigenvalue weighted by molar-refractivity contribution is -0.118. The van der Waals surface area contributed by atoms with Gasteiger partial charge in [0.25, 0.3) is 0 Å². The zero-order valence-electron chi connectivity index (χ0n) is 23.5. The molecule has 0 saturated carbocycles. The molecule has 1 aliphatic heterocycles. The van der Waals surface area contributed by atoms with E-state index in [9.17, 15) is 9.59 Å². The molecule has 6 nitrogen and oxygen atoms in total. The molecule has 0 radical (unpaired) electrons. The minimum atomic E-state index is -0.142. The number of carbonyl (C=O) groups excluding carboxylic acids is 2. The number of Topliss-reactive ketones (excluding diaryl/α,β-unsaturated/α-hetero) is 1. The van der Waals surface area contributed by atoms with Crippen LogP contribution >= 0.6 is 0 Å². The molecule has 4 rings (SSSR count). The van der Waals surface area contributed by atoms with Gasteiger partial charge in [-0.1, -0.05) is 50.2 Å². The van der Waals surface area contributed by atoms with E-state index < -0.39 is 0 Å². The van der Waals surface area contributed by atoms with Crippen molar-refractivity contribution in [1.82, 2.24) is 4.90 Å². The number of rotatable bonds is 11. The summed E-state index contributed by atoms with van der Waals surface area (Å²) in [5, 5.41) is 3.02. The van der Waals surface area contributed by atoms with E-state index in [1.807, 2.05) is 62.4 Å². The lowest BCUT2D eigenvalue weighted by atomic mass is 9.89. The molecule has 1 fully saturated rings. The zero-order chi connectivity index (χ0) is 27.8. The van der Waals surface area contributed by atoms with Crippen molar-refractivity contribution in [1.29, 1.82) is 0 Å². The number of likely N-dealkylation sites (tertiary alicyclic amines) is 1. The molecule has 3 aromatic rings. The van der Waals surface area contributed by atoms with E-state index in [1.165, 1.54) is 5.56 Å². The molecule has 0 bridgehead atoms. The van der Waals surface area contributed by atoms with E-state index in [2.05, 4.69) is 34.5 Å². The van der Waals surface area contributed by atoms with Crippen LogP contribution in [0.1, 0.15) is 73.5 Å². The number of hydrogen-bond acceptors (Lipinski definition) is 5. The van der Waals surface area contributed by atoms with E-state index in [0.717, 1.165) is 55.9 Å². The zero-order valence-corrected chi connectivity index (χ0v) is 23.5. The van der Waals surface area contributed by atoms with Crippen LogP contribution in [0.3, 0.4) is 0 Å². The van der Waals surface area contributed by atoms with Gasteiger partial charge in [0.1, 0.15) is 17.6 Å². The number of hydrogen-bond donors (Lipinski definition) is 1. The van der Waals surface area contributed by atoms with Crippen molar-refractivity contribution in [3.05, 3.63) is 89.5 Å². The lowest BCUT2D eigenvalue weighted by Crippen LogP contribution is -2.34. The Hall–Kier alpha value is -3.64. The fourth-order valence-electron chi connectivity index (χ4n) is 5.01. The third-order valence-electron chi connectivity index (χ3n) is 7.45. The Morgan fingerprint density at radius 3 is 2.33 bits per heavy atom. The van der Waals surface area contributed by atoms with Crippen LogP contribution in [0.15, 0.2) is 72.8 Å². The quantitative estimate of drug-likeness (QED) is 0.275. The summed E-state index contributed by atoms with van der Waals surface area (Å²) in [6.07, 6.45) is 2.85. The van der Waals surface area contributed by atoms with E-state index in [0.29, 0.717) is 17.2 Å². The third kappa shape index (κ3) is 7.93. The topological polar surface area (TPSA) is 67.9 Å². The summed E-state index contributed by atoms with van der Waals surface area (Å²) >= 11 is 0. The Morgan fingerprint density at radius 1 is 0.949 bits per heavy atom. The molecule has 1 saturated heterocycles. The second-order valence-electron chi connectivity index (χ2n) is 10.6. The summed E-state index contributed by atoms with van der Waals surface area (Å²) in [5.41, 5.74) is 3.90. The molecule has 1 amide bonds. The van der Waals surface area contributed by atoms with E-state index in [-0.39, 0.29) is 23.7 Å². The molecule has 1 atom stereocenters. The van der Waals surface area contributed by atoms with Gasteiger partial charge < -0.3 is 19.7 Å². The Balaban J connectivity index is 1.38. The highest BCUT2D eigenvalue weighted by Gasteiger charge is 2.23. The molecule has 1 aliphatic rings. The third-order valence-corrected chi connectivity index (χ3v) is 7.45. The van der Waals surface area contributed by atoms with Gasteiger partial charge in [0.05, 0.1) is 7.11 Å². The van der Waals surface area contributed by atoms with Gasteiger partial charge in [-0.2, -0.15) is 0 Å². The number of carbonyl (C=O) groups is 2. The van der Waals surface area contributed by atoms with Crippen molar-refractivity contribution in [3.8, 4) is 11.5 Å². The van der Waals surface area contributed by atoms with Crippen LogP contribution in [-0.4, -0.2) is 43.3 Å². The number of methoxy groups -OCH3 is 1. The monoisotopic (exact) mass is 528 g/mol. The van der Waals surface area contributed by atoms with Gasteiger partial charge in [0, 0.05) is 30.1 Å². The van der Waals surface area contributed by atoms with Gasteiger partial charge in [-0.15, -0.1) is 0 Å². The van der Waals surface area contributed by atoms with Gasteiger partial charge in [0.2, 0.25) is 5.91 Å². The van der Waals surface area contributed by atoms with E-state index >= 15 is 0 Å². The molecule has 1 unspecified atom stereocenters. The van der Waals surface area contributed by atoms with Crippen LogP contribution in [0, 0.1) is 5.92 Å². The number of piperidine rings is 1. The van der Waals surface area contributed by atoms with Crippen LogP contribution in [0.5, 0.6) is 11.5 Å². The normalized spacial score (nSPS) is 15.1. The van der Waals surface area contributed by atoms with Gasteiger partial charge in [0.15, 0.2) is 5.78 Å². The predicted molar refractivity (Wildman–Crippen MR) is 156 cm³/mol. The minimum absolute atomic E-state index is 0.0251. The van der Waals surface area contributed by atoms with Crippen LogP contribution in [0.2, 0.25) is 0 Å². The molecular formula is C33H40N2O4. The first-order chi connectivity index (χ1) is 18.8. The number of nitrogens with zero attached hydrogens (tertiary/aromatic N) is 1. The van der Waals surface area contributed by atoms with Gasteiger partial charge in [-0.3, -0.25) is 9.59 Å². The summed E-state index contributed by atoms with van der Waals surface area (Å²) in [6, 6.07) is 23.7. The number of amides is 1. The standard InChI is InChI=1S/C33H40N2O4/c1-23(2)33(37)34-29-9-5-8-28(21-29)25-15-18-35(19-16-25)20-17-32(26-11-13-30(38-4)14-12-26)39-31-10-6-7-27(22-31)24(3)36/h5-14,21-23,25,32H,15-20H2,1-4H3,(H,34,37). The number of benzene rings is 3. The van der Waals surface area contributed by atoms with Gasteiger partial charge in [-0.25, -0.2) is 0 Å². The van der Waals surface area contributed by atoms with Crippen molar-refractivity contribution in [2.45, 2.75) is 52.1 Å².